The molecule has 0 aromatic carbocycles. The maximum atomic E-state index is 12.8. The van der Waals surface area contributed by atoms with Crippen molar-refractivity contribution in [3.63, 3.8) is 0 Å². The molecular formula is C15H26N2O3S. The molecule has 21 heavy (non-hydrogen) atoms. The Morgan fingerprint density at radius 3 is 2.52 bits per heavy atom. The van der Waals surface area contributed by atoms with E-state index in [1.165, 1.54) is 0 Å². The monoisotopic (exact) mass is 314 g/mol. The Labute approximate surface area is 127 Å². The standard InChI is InChI=1S/C15H26N2O3S/c1-11(2)16-9-15(8-14(16)10-18)21(19,20)17-6-5-12(3)7-13(17)4/h8-9,11-13,18H,5-7,10H2,1-4H3. The fourth-order valence-corrected chi connectivity index (χ4v) is 4.83. The van der Waals surface area contributed by atoms with Crippen LogP contribution in [0.4, 0.5) is 0 Å². The Morgan fingerprint density at radius 2 is 2.05 bits per heavy atom. The first-order chi connectivity index (χ1) is 9.77. The highest BCUT2D eigenvalue weighted by Crippen LogP contribution is 2.29. The van der Waals surface area contributed by atoms with Gasteiger partial charge >= 0.3 is 0 Å². The summed E-state index contributed by atoms with van der Waals surface area (Å²) in [5, 5.41) is 9.41. The van der Waals surface area contributed by atoms with Crippen LogP contribution in [0.25, 0.3) is 0 Å². The number of hydrogen-bond donors (Lipinski definition) is 1. The van der Waals surface area contributed by atoms with E-state index in [-0.39, 0.29) is 18.7 Å². The lowest BCUT2D eigenvalue weighted by molar-refractivity contribution is 0.220. The normalized spacial score (nSPS) is 24.7. The molecule has 1 aromatic heterocycles. The Morgan fingerprint density at radius 1 is 1.38 bits per heavy atom. The molecule has 0 radical (unpaired) electrons. The molecule has 0 spiro atoms. The SMILES string of the molecule is CC1CCN(S(=O)(=O)c2cc(CO)n(C(C)C)c2)C(C)C1. The van der Waals surface area contributed by atoms with Gasteiger partial charge in [-0.1, -0.05) is 6.92 Å². The number of hydrogen-bond acceptors (Lipinski definition) is 3. The molecule has 0 aliphatic carbocycles. The van der Waals surface area contributed by atoms with E-state index < -0.39 is 10.0 Å². The highest BCUT2D eigenvalue weighted by atomic mass is 32.2. The minimum absolute atomic E-state index is 0.0266. The number of nitrogens with zero attached hydrogens (tertiary/aromatic N) is 2. The zero-order valence-electron chi connectivity index (χ0n) is 13.3. The lowest BCUT2D eigenvalue weighted by Crippen LogP contribution is -2.43. The van der Waals surface area contributed by atoms with E-state index in [2.05, 4.69) is 6.92 Å². The van der Waals surface area contributed by atoms with Crippen LogP contribution in [0.3, 0.4) is 0 Å². The fourth-order valence-electron chi connectivity index (χ4n) is 3.12. The molecule has 0 saturated carbocycles. The maximum absolute atomic E-state index is 12.8. The quantitative estimate of drug-likeness (QED) is 0.928. The maximum Gasteiger partial charge on any atom is 0.244 e. The number of piperidine rings is 1. The first-order valence-corrected chi connectivity index (χ1v) is 9.04. The summed E-state index contributed by atoms with van der Waals surface area (Å²) in [5.74, 6) is 0.569. The van der Waals surface area contributed by atoms with Crippen molar-refractivity contribution in [3.8, 4) is 0 Å². The van der Waals surface area contributed by atoms with Crippen molar-refractivity contribution in [1.29, 1.82) is 0 Å². The molecule has 2 heterocycles. The van der Waals surface area contributed by atoms with E-state index in [0.29, 0.717) is 23.1 Å². The minimum atomic E-state index is -3.48. The summed E-state index contributed by atoms with van der Waals surface area (Å²) in [6, 6.07) is 1.74. The van der Waals surface area contributed by atoms with Crippen LogP contribution >= 0.6 is 0 Å². The van der Waals surface area contributed by atoms with Crippen molar-refractivity contribution >= 4 is 10.0 Å². The molecule has 0 amide bonds. The number of aliphatic hydroxyl groups excluding tert-OH is 1. The summed E-state index contributed by atoms with van der Waals surface area (Å²) in [6.45, 7) is 8.51. The third-order valence-corrected chi connectivity index (χ3v) is 6.29. The van der Waals surface area contributed by atoms with Gasteiger partial charge in [0.25, 0.3) is 0 Å². The van der Waals surface area contributed by atoms with Crippen LogP contribution in [0.1, 0.15) is 52.3 Å². The molecule has 1 saturated heterocycles. The number of rotatable bonds is 4. The van der Waals surface area contributed by atoms with Crippen LogP contribution in [-0.2, 0) is 16.6 Å². The van der Waals surface area contributed by atoms with Gasteiger partial charge in [-0.05, 0) is 45.6 Å². The van der Waals surface area contributed by atoms with Gasteiger partial charge in [0.2, 0.25) is 10.0 Å². The fraction of sp³-hybridized carbons (Fsp3) is 0.733. The molecule has 1 aliphatic rings. The Hall–Kier alpha value is -0.850. The van der Waals surface area contributed by atoms with Crippen LogP contribution < -0.4 is 0 Å². The van der Waals surface area contributed by atoms with Gasteiger partial charge in [-0.3, -0.25) is 0 Å². The molecule has 120 valence electrons. The van der Waals surface area contributed by atoms with Gasteiger partial charge in [-0.25, -0.2) is 8.42 Å². The Kier molecular flexibility index (Phi) is 4.80. The molecule has 2 rings (SSSR count). The van der Waals surface area contributed by atoms with Crippen molar-refractivity contribution in [2.45, 2.75) is 64.1 Å². The topological polar surface area (TPSA) is 62.5 Å². The van der Waals surface area contributed by atoms with Crippen LogP contribution in [0.5, 0.6) is 0 Å². The summed E-state index contributed by atoms with van der Waals surface area (Å²) >= 11 is 0. The molecule has 1 N–H and O–H groups in total. The minimum Gasteiger partial charge on any atom is -0.390 e. The molecule has 1 fully saturated rings. The van der Waals surface area contributed by atoms with Gasteiger partial charge in [-0.15, -0.1) is 0 Å². The summed E-state index contributed by atoms with van der Waals surface area (Å²) < 4.78 is 29.1. The van der Waals surface area contributed by atoms with Gasteiger partial charge < -0.3 is 9.67 Å². The van der Waals surface area contributed by atoms with Crippen molar-refractivity contribution in [2.24, 2.45) is 5.92 Å². The third kappa shape index (κ3) is 3.17. The van der Waals surface area contributed by atoms with Gasteiger partial charge in [0.05, 0.1) is 6.61 Å². The van der Waals surface area contributed by atoms with Crippen molar-refractivity contribution in [2.75, 3.05) is 6.54 Å². The molecule has 1 aliphatic heterocycles. The highest BCUT2D eigenvalue weighted by Gasteiger charge is 2.34. The highest BCUT2D eigenvalue weighted by molar-refractivity contribution is 7.89. The van der Waals surface area contributed by atoms with Gasteiger partial charge in [0.15, 0.2) is 0 Å². The Balaban J connectivity index is 2.36. The van der Waals surface area contributed by atoms with Crippen LogP contribution in [-0.4, -0.2) is 35.0 Å². The Bertz CT molecular complexity index is 592. The molecule has 1 aromatic rings. The lowest BCUT2D eigenvalue weighted by atomic mass is 9.95. The van der Waals surface area contributed by atoms with E-state index >= 15 is 0 Å². The van der Waals surface area contributed by atoms with E-state index in [4.69, 9.17) is 0 Å². The van der Waals surface area contributed by atoms with E-state index in [1.807, 2.05) is 25.3 Å². The smallest absolute Gasteiger partial charge is 0.244 e. The van der Waals surface area contributed by atoms with Crippen molar-refractivity contribution in [1.82, 2.24) is 8.87 Å². The zero-order valence-corrected chi connectivity index (χ0v) is 14.1. The summed E-state index contributed by atoms with van der Waals surface area (Å²) in [4.78, 5) is 0.293. The number of aliphatic hydroxyl groups is 1. The van der Waals surface area contributed by atoms with Crippen LogP contribution in [0, 0.1) is 5.92 Å². The van der Waals surface area contributed by atoms with Crippen LogP contribution in [0.15, 0.2) is 17.2 Å². The van der Waals surface area contributed by atoms with E-state index in [9.17, 15) is 13.5 Å². The molecule has 2 unspecified atom stereocenters. The first kappa shape index (κ1) is 16.5. The molecule has 6 heteroatoms. The predicted octanol–water partition coefficient (Wildman–Crippen LogP) is 2.37. The average molecular weight is 314 g/mol. The van der Waals surface area contributed by atoms with Crippen LogP contribution in [0.2, 0.25) is 0 Å². The first-order valence-electron chi connectivity index (χ1n) is 7.60. The average Bonchev–Trinajstić information content (AvgIpc) is 2.83. The molecular weight excluding hydrogens is 288 g/mol. The summed E-state index contributed by atoms with van der Waals surface area (Å²) in [5.41, 5.74) is 0.640. The molecule has 2 atom stereocenters. The van der Waals surface area contributed by atoms with Gasteiger partial charge in [0, 0.05) is 30.5 Å². The molecule has 5 nitrogen and oxygen atoms in total. The van der Waals surface area contributed by atoms with Gasteiger partial charge in [-0.2, -0.15) is 4.31 Å². The second-order valence-corrected chi connectivity index (χ2v) is 8.31. The lowest BCUT2D eigenvalue weighted by Gasteiger charge is -2.35. The zero-order chi connectivity index (χ0) is 15.8. The summed E-state index contributed by atoms with van der Waals surface area (Å²) in [7, 11) is -3.48. The van der Waals surface area contributed by atoms with E-state index in [1.54, 1.807) is 16.6 Å². The molecule has 0 bridgehead atoms. The van der Waals surface area contributed by atoms with E-state index in [0.717, 1.165) is 12.8 Å². The largest absolute Gasteiger partial charge is 0.390 e. The number of aromatic nitrogens is 1. The second-order valence-electron chi connectivity index (χ2n) is 6.42. The summed E-state index contributed by atoms with van der Waals surface area (Å²) in [6.07, 6.45) is 3.45. The third-order valence-electron chi connectivity index (χ3n) is 4.31. The second kappa shape index (κ2) is 6.10. The van der Waals surface area contributed by atoms with Crippen molar-refractivity contribution in [3.05, 3.63) is 18.0 Å². The predicted molar refractivity (Wildman–Crippen MR) is 82.5 cm³/mol. The van der Waals surface area contributed by atoms with Gasteiger partial charge in [0.1, 0.15) is 4.90 Å². The van der Waals surface area contributed by atoms with Crippen molar-refractivity contribution < 1.29 is 13.5 Å². The number of sulfonamides is 1.